The average molecular weight is 297 g/mol. The van der Waals surface area contributed by atoms with Crippen molar-refractivity contribution in [2.24, 2.45) is 5.92 Å². The largest absolute Gasteiger partial charge is 0.384 e. The minimum atomic E-state index is 0.633. The van der Waals surface area contributed by atoms with Crippen LogP contribution in [0.15, 0.2) is 18.2 Å². The van der Waals surface area contributed by atoms with Crippen molar-refractivity contribution in [1.29, 1.82) is 0 Å². The Kier molecular flexibility index (Phi) is 6.14. The van der Waals surface area contributed by atoms with Crippen LogP contribution in [0.1, 0.15) is 25.3 Å². The first kappa shape index (κ1) is 15.6. The van der Waals surface area contributed by atoms with E-state index in [-0.39, 0.29) is 0 Å². The lowest BCUT2D eigenvalue weighted by Gasteiger charge is -2.34. The molecule has 0 saturated carbocycles. The van der Waals surface area contributed by atoms with Crippen LogP contribution in [0.5, 0.6) is 0 Å². The van der Waals surface area contributed by atoms with Crippen LogP contribution in [0.3, 0.4) is 0 Å². The molecule has 1 N–H and O–H groups in total. The van der Waals surface area contributed by atoms with Crippen molar-refractivity contribution in [3.8, 4) is 0 Å². The van der Waals surface area contributed by atoms with Crippen LogP contribution < -0.4 is 10.2 Å². The molecule has 1 atom stereocenters. The number of hydrogen-bond donors (Lipinski definition) is 1. The molecule has 112 valence electrons. The van der Waals surface area contributed by atoms with Gasteiger partial charge < -0.3 is 15.0 Å². The highest BCUT2D eigenvalue weighted by Gasteiger charge is 2.20. The maximum Gasteiger partial charge on any atom is 0.0507 e. The highest BCUT2D eigenvalue weighted by Crippen LogP contribution is 2.27. The fourth-order valence-electron chi connectivity index (χ4n) is 2.81. The molecule has 20 heavy (non-hydrogen) atoms. The first-order chi connectivity index (χ1) is 9.74. The van der Waals surface area contributed by atoms with Gasteiger partial charge in [0.1, 0.15) is 0 Å². The van der Waals surface area contributed by atoms with E-state index in [1.807, 2.05) is 0 Å². The number of nitrogens with zero attached hydrogens (tertiary/aromatic N) is 1. The number of methoxy groups -OCH3 is 1. The zero-order chi connectivity index (χ0) is 14.4. The van der Waals surface area contributed by atoms with Gasteiger partial charge in [0, 0.05) is 37.5 Å². The molecule has 3 nitrogen and oxygen atoms in total. The third-order valence-electron chi connectivity index (χ3n) is 3.89. The number of benzene rings is 1. The Labute approximate surface area is 127 Å². The van der Waals surface area contributed by atoms with Crippen molar-refractivity contribution in [1.82, 2.24) is 5.32 Å². The number of halogens is 1. The molecule has 1 aliphatic rings. The lowest BCUT2D eigenvalue weighted by molar-refractivity contribution is 0.143. The van der Waals surface area contributed by atoms with Crippen LogP contribution in [-0.2, 0) is 11.3 Å². The standard InChI is InChI=1S/C16H25ClN2O/c1-3-18-10-14-6-7-15(9-16(14)17)19-8-4-5-13(11-19)12-20-2/h6-7,9,13,18H,3-5,8,10-12H2,1-2H3. The van der Waals surface area contributed by atoms with Crippen molar-refractivity contribution in [2.45, 2.75) is 26.3 Å². The normalized spacial score (nSPS) is 19.4. The first-order valence-corrected chi connectivity index (χ1v) is 7.85. The Hall–Kier alpha value is -0.770. The zero-order valence-electron chi connectivity index (χ0n) is 12.5. The van der Waals surface area contributed by atoms with Crippen LogP contribution in [0.25, 0.3) is 0 Å². The highest BCUT2D eigenvalue weighted by molar-refractivity contribution is 6.31. The van der Waals surface area contributed by atoms with Crippen molar-refractivity contribution in [3.63, 3.8) is 0 Å². The van der Waals surface area contributed by atoms with E-state index < -0.39 is 0 Å². The van der Waals surface area contributed by atoms with E-state index in [0.717, 1.165) is 37.8 Å². The molecule has 1 fully saturated rings. The van der Waals surface area contributed by atoms with Crippen molar-refractivity contribution in [2.75, 3.05) is 38.3 Å². The van der Waals surface area contributed by atoms with Crippen LogP contribution in [0.4, 0.5) is 5.69 Å². The monoisotopic (exact) mass is 296 g/mol. The summed E-state index contributed by atoms with van der Waals surface area (Å²) in [5.74, 6) is 0.633. The number of nitrogens with one attached hydrogen (secondary N) is 1. The third kappa shape index (κ3) is 4.11. The SMILES string of the molecule is CCNCc1ccc(N2CCCC(COC)C2)cc1Cl. The molecular weight excluding hydrogens is 272 g/mol. The zero-order valence-corrected chi connectivity index (χ0v) is 13.2. The molecule has 0 aliphatic carbocycles. The van der Waals surface area contributed by atoms with Crippen LogP contribution in [-0.4, -0.2) is 33.4 Å². The summed E-state index contributed by atoms with van der Waals surface area (Å²) in [5.41, 5.74) is 2.40. The molecule has 1 heterocycles. The summed E-state index contributed by atoms with van der Waals surface area (Å²) >= 11 is 6.39. The van der Waals surface area contributed by atoms with E-state index in [1.165, 1.54) is 24.1 Å². The molecule has 1 aromatic carbocycles. The fourth-order valence-corrected chi connectivity index (χ4v) is 3.05. The Morgan fingerprint density at radius 2 is 2.30 bits per heavy atom. The lowest BCUT2D eigenvalue weighted by Crippen LogP contribution is -2.37. The smallest absolute Gasteiger partial charge is 0.0507 e. The van der Waals surface area contributed by atoms with Gasteiger partial charge in [-0.15, -0.1) is 0 Å². The molecule has 4 heteroatoms. The van der Waals surface area contributed by atoms with E-state index >= 15 is 0 Å². The van der Waals surface area contributed by atoms with E-state index in [1.54, 1.807) is 7.11 Å². The van der Waals surface area contributed by atoms with E-state index in [9.17, 15) is 0 Å². The number of piperidine rings is 1. The van der Waals surface area contributed by atoms with E-state index in [2.05, 4.69) is 35.3 Å². The second-order valence-electron chi connectivity index (χ2n) is 5.47. The molecule has 0 bridgehead atoms. The molecule has 0 amide bonds. The minimum absolute atomic E-state index is 0.633. The van der Waals surface area contributed by atoms with Gasteiger partial charge in [0.2, 0.25) is 0 Å². The Balaban J connectivity index is 2.03. The number of hydrogen-bond acceptors (Lipinski definition) is 3. The molecule has 2 rings (SSSR count). The van der Waals surface area contributed by atoms with Gasteiger partial charge in [0.25, 0.3) is 0 Å². The van der Waals surface area contributed by atoms with Crippen molar-refractivity contribution < 1.29 is 4.74 Å². The third-order valence-corrected chi connectivity index (χ3v) is 4.24. The Morgan fingerprint density at radius 3 is 3.00 bits per heavy atom. The summed E-state index contributed by atoms with van der Waals surface area (Å²) in [6.07, 6.45) is 2.49. The van der Waals surface area contributed by atoms with Crippen LogP contribution >= 0.6 is 11.6 Å². The topological polar surface area (TPSA) is 24.5 Å². The van der Waals surface area contributed by atoms with Gasteiger partial charge in [-0.1, -0.05) is 24.6 Å². The van der Waals surface area contributed by atoms with Crippen LogP contribution in [0.2, 0.25) is 5.02 Å². The molecule has 0 aromatic heterocycles. The second-order valence-corrected chi connectivity index (χ2v) is 5.87. The fraction of sp³-hybridized carbons (Fsp3) is 0.625. The number of ether oxygens (including phenoxy) is 1. The van der Waals surface area contributed by atoms with E-state index in [0.29, 0.717) is 5.92 Å². The predicted octanol–water partition coefficient (Wildman–Crippen LogP) is 3.31. The second kappa shape index (κ2) is 7.87. The summed E-state index contributed by atoms with van der Waals surface area (Å²) in [6, 6.07) is 6.43. The van der Waals surface area contributed by atoms with Gasteiger partial charge in [-0.3, -0.25) is 0 Å². The summed E-state index contributed by atoms with van der Waals surface area (Å²) in [5, 5.41) is 4.17. The van der Waals surface area contributed by atoms with Gasteiger partial charge in [0.15, 0.2) is 0 Å². The Morgan fingerprint density at radius 1 is 1.45 bits per heavy atom. The highest BCUT2D eigenvalue weighted by atomic mass is 35.5. The molecule has 0 spiro atoms. The van der Waals surface area contributed by atoms with Gasteiger partial charge >= 0.3 is 0 Å². The van der Waals surface area contributed by atoms with Gasteiger partial charge in [-0.2, -0.15) is 0 Å². The molecule has 1 aliphatic heterocycles. The maximum atomic E-state index is 6.39. The molecule has 1 unspecified atom stereocenters. The van der Waals surface area contributed by atoms with Crippen molar-refractivity contribution >= 4 is 17.3 Å². The Bertz CT molecular complexity index is 423. The molecule has 1 aromatic rings. The van der Waals surface area contributed by atoms with E-state index in [4.69, 9.17) is 16.3 Å². The predicted molar refractivity (Wildman–Crippen MR) is 85.6 cm³/mol. The average Bonchev–Trinajstić information content (AvgIpc) is 2.46. The van der Waals surface area contributed by atoms with Crippen molar-refractivity contribution in [3.05, 3.63) is 28.8 Å². The molecule has 0 radical (unpaired) electrons. The summed E-state index contributed by atoms with van der Waals surface area (Å²) < 4.78 is 5.29. The molecular formula is C16H25ClN2O. The van der Waals surface area contributed by atoms with Gasteiger partial charge in [-0.25, -0.2) is 0 Å². The van der Waals surface area contributed by atoms with Crippen LogP contribution in [0, 0.1) is 5.92 Å². The summed E-state index contributed by atoms with van der Waals surface area (Å²) in [4.78, 5) is 2.43. The number of anilines is 1. The lowest BCUT2D eigenvalue weighted by atomic mass is 9.98. The maximum absolute atomic E-state index is 6.39. The summed E-state index contributed by atoms with van der Waals surface area (Å²) in [6.45, 7) is 6.93. The first-order valence-electron chi connectivity index (χ1n) is 7.47. The number of rotatable bonds is 6. The quantitative estimate of drug-likeness (QED) is 0.871. The summed E-state index contributed by atoms with van der Waals surface area (Å²) in [7, 11) is 1.78. The van der Waals surface area contributed by atoms with Gasteiger partial charge in [0.05, 0.1) is 6.61 Å². The molecule has 1 saturated heterocycles. The minimum Gasteiger partial charge on any atom is -0.384 e. The van der Waals surface area contributed by atoms with Gasteiger partial charge in [-0.05, 0) is 43.0 Å².